The van der Waals surface area contributed by atoms with E-state index in [1.807, 2.05) is 0 Å². The fourth-order valence-corrected chi connectivity index (χ4v) is 11.9. The van der Waals surface area contributed by atoms with Gasteiger partial charge in [-0.25, -0.2) is 0 Å². The Morgan fingerprint density at radius 2 is 1.42 bits per heavy atom. The number of likely N-dealkylation sites (tertiary alicyclic amines) is 2. The maximum absolute atomic E-state index is 6.98. The summed E-state index contributed by atoms with van der Waals surface area (Å²) in [5.74, 6) is 2.68. The number of nitrogens with zero attached hydrogens (tertiary/aromatic N) is 2. The monoisotopic (exact) mass is 494 g/mol. The molecule has 6 saturated heterocycles. The normalized spacial score (nSPS) is 46.2. The average Bonchev–Trinajstić information content (AvgIpc) is 3.67. The Morgan fingerprint density at radius 1 is 0.636 bits per heavy atom. The quantitative estimate of drug-likeness (QED) is 0.497. The molecule has 6 atom stereocenters. The zero-order valence-corrected chi connectivity index (χ0v) is 22.3. The van der Waals surface area contributed by atoms with Gasteiger partial charge in [0.25, 0.3) is 0 Å². The topological polar surface area (TPSA) is 24.9 Å². The first-order chi connectivity index (χ1) is 16.4. The third-order valence-corrected chi connectivity index (χ3v) is 12.8. The van der Waals surface area contributed by atoms with Crippen LogP contribution in [-0.2, 0) is 9.47 Å². The maximum Gasteiger partial charge on any atom is 0.0810 e. The highest BCUT2D eigenvalue weighted by Gasteiger charge is 2.71. The van der Waals surface area contributed by atoms with E-state index < -0.39 is 0 Å². The number of hydrogen-bond donors (Lipinski definition) is 0. The Morgan fingerprint density at radius 3 is 2.12 bits per heavy atom. The summed E-state index contributed by atoms with van der Waals surface area (Å²) in [5, 5.41) is 1.36. The van der Waals surface area contributed by atoms with Gasteiger partial charge in [0.2, 0.25) is 0 Å². The van der Waals surface area contributed by atoms with Crippen molar-refractivity contribution in [3.05, 3.63) is 0 Å². The third-order valence-electron chi connectivity index (χ3n) is 9.85. The molecule has 188 valence electrons. The standard InChI is InChI=1S/C27H46N2O2S2/c1-5-18-31-23(10-1)27(24-12-8-21-32-24)26(22-11-7-19-30-22,28-15-3-4-16-28)14-9-17-29(27)25-13-2-6-20-33-25/h22-25H,1-21H2. The molecule has 0 saturated carbocycles. The average molecular weight is 495 g/mol. The number of ether oxygens (including phenoxy) is 2. The molecule has 0 spiro atoms. The van der Waals surface area contributed by atoms with Crippen molar-refractivity contribution in [1.29, 1.82) is 0 Å². The SMILES string of the molecule is C1CCC(C2(C3CCCS3)N(C3CCCCS3)CCCC2(C2CCCO2)N2CCCC2)OC1. The van der Waals surface area contributed by atoms with E-state index >= 15 is 0 Å². The molecule has 0 N–H and O–H groups in total. The van der Waals surface area contributed by atoms with Gasteiger partial charge in [0.15, 0.2) is 0 Å². The van der Waals surface area contributed by atoms with Gasteiger partial charge in [-0.05, 0) is 108 Å². The first-order valence-electron chi connectivity index (χ1n) is 14.4. The van der Waals surface area contributed by atoms with Crippen molar-refractivity contribution in [2.24, 2.45) is 0 Å². The number of hydrogen-bond acceptors (Lipinski definition) is 6. The summed E-state index contributed by atoms with van der Waals surface area (Å²) in [5.41, 5.74) is 0.224. The molecule has 6 heteroatoms. The Bertz CT molecular complexity index is 620. The predicted molar refractivity (Wildman–Crippen MR) is 140 cm³/mol. The molecule has 0 aromatic carbocycles. The number of piperidine rings is 1. The van der Waals surface area contributed by atoms with Gasteiger partial charge in [-0.1, -0.05) is 6.42 Å². The Balaban J connectivity index is 1.54. The van der Waals surface area contributed by atoms with Crippen LogP contribution in [0.4, 0.5) is 0 Å². The fraction of sp³-hybridized carbons (Fsp3) is 1.00. The van der Waals surface area contributed by atoms with Gasteiger partial charge in [-0.2, -0.15) is 11.8 Å². The Hall–Kier alpha value is 0.540. The molecule has 0 bridgehead atoms. The van der Waals surface area contributed by atoms with Crippen LogP contribution >= 0.6 is 23.5 Å². The summed E-state index contributed by atoms with van der Waals surface area (Å²) >= 11 is 4.60. The molecule has 6 rings (SSSR count). The van der Waals surface area contributed by atoms with Crippen LogP contribution < -0.4 is 0 Å². The molecule has 6 fully saturated rings. The molecule has 0 amide bonds. The largest absolute Gasteiger partial charge is 0.376 e. The predicted octanol–water partition coefficient (Wildman–Crippen LogP) is 5.54. The highest BCUT2D eigenvalue weighted by Crippen LogP contribution is 2.59. The van der Waals surface area contributed by atoms with E-state index in [9.17, 15) is 0 Å². The molecule has 0 aromatic heterocycles. The third kappa shape index (κ3) is 3.96. The first kappa shape index (κ1) is 23.9. The first-order valence-corrected chi connectivity index (χ1v) is 16.5. The van der Waals surface area contributed by atoms with E-state index in [1.54, 1.807) is 0 Å². The summed E-state index contributed by atoms with van der Waals surface area (Å²) in [6.07, 6.45) is 19.5. The van der Waals surface area contributed by atoms with Gasteiger partial charge in [-0.15, -0.1) is 11.8 Å². The molecule has 6 heterocycles. The molecule has 0 radical (unpaired) electrons. The van der Waals surface area contributed by atoms with Crippen LogP contribution in [0.3, 0.4) is 0 Å². The van der Waals surface area contributed by atoms with E-state index in [1.165, 1.54) is 121 Å². The van der Waals surface area contributed by atoms with Gasteiger partial charge in [0, 0.05) is 25.0 Å². The summed E-state index contributed by atoms with van der Waals surface area (Å²) in [6.45, 7) is 5.76. The van der Waals surface area contributed by atoms with Gasteiger partial charge in [0.1, 0.15) is 0 Å². The molecule has 33 heavy (non-hydrogen) atoms. The molecular weight excluding hydrogens is 448 g/mol. The van der Waals surface area contributed by atoms with Crippen LogP contribution in [-0.4, -0.2) is 88.1 Å². The van der Waals surface area contributed by atoms with Crippen molar-refractivity contribution in [2.75, 3.05) is 44.4 Å². The number of rotatable bonds is 5. The van der Waals surface area contributed by atoms with E-state index in [0.717, 1.165) is 13.2 Å². The van der Waals surface area contributed by atoms with Crippen LogP contribution in [0.15, 0.2) is 0 Å². The summed E-state index contributed by atoms with van der Waals surface area (Å²) in [6, 6.07) is 0. The van der Waals surface area contributed by atoms with E-state index in [2.05, 4.69) is 33.3 Å². The van der Waals surface area contributed by atoms with Crippen LogP contribution in [0.5, 0.6) is 0 Å². The maximum atomic E-state index is 6.98. The second-order valence-electron chi connectivity index (χ2n) is 11.4. The summed E-state index contributed by atoms with van der Waals surface area (Å²) < 4.78 is 13.8. The van der Waals surface area contributed by atoms with Gasteiger partial charge < -0.3 is 9.47 Å². The van der Waals surface area contributed by atoms with Crippen molar-refractivity contribution >= 4 is 23.5 Å². The molecule has 4 nitrogen and oxygen atoms in total. The lowest BCUT2D eigenvalue weighted by atomic mass is 9.59. The van der Waals surface area contributed by atoms with Crippen molar-refractivity contribution in [2.45, 2.75) is 124 Å². The molecule has 0 aromatic rings. The van der Waals surface area contributed by atoms with E-state index in [-0.39, 0.29) is 11.1 Å². The van der Waals surface area contributed by atoms with E-state index in [4.69, 9.17) is 9.47 Å². The highest BCUT2D eigenvalue weighted by molar-refractivity contribution is 8.00. The van der Waals surface area contributed by atoms with Crippen LogP contribution in [0.1, 0.15) is 89.9 Å². The Kier molecular flexibility index (Phi) is 7.60. The van der Waals surface area contributed by atoms with Crippen molar-refractivity contribution < 1.29 is 9.47 Å². The second-order valence-corrected chi connectivity index (χ2v) is 14.0. The van der Waals surface area contributed by atoms with Crippen LogP contribution in [0.25, 0.3) is 0 Å². The van der Waals surface area contributed by atoms with Crippen LogP contribution in [0, 0.1) is 0 Å². The minimum Gasteiger partial charge on any atom is -0.376 e. The van der Waals surface area contributed by atoms with Crippen molar-refractivity contribution in [1.82, 2.24) is 9.80 Å². The second kappa shape index (κ2) is 10.5. The van der Waals surface area contributed by atoms with Gasteiger partial charge >= 0.3 is 0 Å². The zero-order valence-electron chi connectivity index (χ0n) is 20.7. The van der Waals surface area contributed by atoms with Crippen LogP contribution in [0.2, 0.25) is 0 Å². The molecular formula is C27H46N2O2S2. The van der Waals surface area contributed by atoms with Gasteiger partial charge in [-0.3, -0.25) is 9.80 Å². The highest BCUT2D eigenvalue weighted by atomic mass is 32.2. The fourth-order valence-electron chi connectivity index (χ4n) is 8.76. The Labute approximate surface area is 210 Å². The molecule has 0 aliphatic carbocycles. The number of thioether (sulfide) groups is 2. The lowest BCUT2D eigenvalue weighted by Crippen LogP contribution is -2.85. The zero-order chi connectivity index (χ0) is 22.1. The molecule has 6 unspecified atom stereocenters. The van der Waals surface area contributed by atoms with Gasteiger partial charge in [0.05, 0.1) is 28.7 Å². The van der Waals surface area contributed by atoms with Crippen molar-refractivity contribution in [3.8, 4) is 0 Å². The molecule has 6 aliphatic heterocycles. The molecule has 6 aliphatic rings. The summed E-state index contributed by atoms with van der Waals surface area (Å²) in [7, 11) is 0. The lowest BCUT2D eigenvalue weighted by Gasteiger charge is -2.69. The van der Waals surface area contributed by atoms with E-state index in [0.29, 0.717) is 22.8 Å². The van der Waals surface area contributed by atoms with Crippen molar-refractivity contribution in [3.63, 3.8) is 0 Å². The minimum absolute atomic E-state index is 0.0984. The minimum atomic E-state index is 0.0984. The lowest BCUT2D eigenvalue weighted by molar-refractivity contribution is -0.218. The smallest absolute Gasteiger partial charge is 0.0810 e. The summed E-state index contributed by atoms with van der Waals surface area (Å²) in [4.78, 5) is 6.12.